The Morgan fingerprint density at radius 1 is 0.933 bits per heavy atom. The van der Waals surface area contributed by atoms with Gasteiger partial charge >= 0.3 is 0 Å². The third kappa shape index (κ3) is 3.12. The number of hydrogen-bond donors (Lipinski definition) is 2. The van der Waals surface area contributed by atoms with Crippen LogP contribution in [0.15, 0.2) is 73.2 Å². The maximum absolute atomic E-state index is 9.69. The number of nitriles is 1. The molecule has 0 spiro atoms. The summed E-state index contributed by atoms with van der Waals surface area (Å²) in [5, 5.41) is 21.1. The van der Waals surface area contributed by atoms with Gasteiger partial charge in [-0.2, -0.15) is 10.4 Å². The Hall–Kier alpha value is -4.24. The van der Waals surface area contributed by atoms with E-state index >= 15 is 0 Å². The number of anilines is 1. The number of fused-ring (bicyclic) bond motifs is 2. The molecule has 0 saturated heterocycles. The van der Waals surface area contributed by atoms with E-state index in [1.807, 2.05) is 42.6 Å². The Morgan fingerprint density at radius 2 is 1.77 bits per heavy atom. The van der Waals surface area contributed by atoms with E-state index in [-0.39, 0.29) is 6.04 Å². The van der Waals surface area contributed by atoms with Crippen LogP contribution in [-0.2, 0) is 0 Å². The predicted molar refractivity (Wildman–Crippen MR) is 118 cm³/mol. The Kier molecular flexibility index (Phi) is 4.34. The summed E-state index contributed by atoms with van der Waals surface area (Å²) in [5.41, 5.74) is 6.96. The van der Waals surface area contributed by atoms with Crippen LogP contribution < -0.4 is 5.32 Å². The molecule has 0 bridgehead atoms. The molecule has 2 aromatic carbocycles. The summed E-state index contributed by atoms with van der Waals surface area (Å²) < 4.78 is 0. The van der Waals surface area contributed by atoms with E-state index in [0.717, 1.165) is 44.3 Å². The lowest BCUT2D eigenvalue weighted by molar-refractivity contribution is 0.885. The van der Waals surface area contributed by atoms with Crippen molar-refractivity contribution in [2.75, 3.05) is 5.32 Å². The summed E-state index contributed by atoms with van der Waals surface area (Å²) in [5.74, 6) is 0. The van der Waals surface area contributed by atoms with Crippen LogP contribution in [0.5, 0.6) is 0 Å². The summed E-state index contributed by atoms with van der Waals surface area (Å²) in [6, 6.07) is 20.6. The van der Waals surface area contributed by atoms with Gasteiger partial charge in [-0.15, -0.1) is 0 Å². The van der Waals surface area contributed by atoms with Crippen molar-refractivity contribution in [2.24, 2.45) is 0 Å². The second kappa shape index (κ2) is 7.30. The number of hydrogen-bond acceptors (Lipinski definition) is 5. The molecule has 6 heteroatoms. The second-order valence-electron chi connectivity index (χ2n) is 7.19. The number of aromatic amines is 1. The van der Waals surface area contributed by atoms with Gasteiger partial charge in [0.1, 0.15) is 11.6 Å². The molecule has 0 radical (unpaired) electrons. The summed E-state index contributed by atoms with van der Waals surface area (Å²) in [4.78, 5) is 8.94. The summed E-state index contributed by atoms with van der Waals surface area (Å²) in [6.07, 6.45) is 5.16. The largest absolute Gasteiger partial charge is 0.377 e. The van der Waals surface area contributed by atoms with Crippen molar-refractivity contribution in [1.29, 1.82) is 5.26 Å². The molecular weight excluding hydrogens is 372 g/mol. The molecule has 0 aliphatic rings. The van der Waals surface area contributed by atoms with Gasteiger partial charge < -0.3 is 5.32 Å². The van der Waals surface area contributed by atoms with Gasteiger partial charge in [0.25, 0.3) is 0 Å². The minimum atomic E-state index is 0.0376. The zero-order valence-electron chi connectivity index (χ0n) is 16.3. The molecular formula is C24H18N6. The van der Waals surface area contributed by atoms with Crippen molar-refractivity contribution >= 4 is 27.6 Å². The molecule has 0 saturated carbocycles. The highest BCUT2D eigenvalue weighted by Gasteiger charge is 2.14. The first kappa shape index (κ1) is 17.8. The van der Waals surface area contributed by atoms with Crippen molar-refractivity contribution < 1.29 is 0 Å². The maximum Gasteiger partial charge on any atom is 0.108 e. The third-order valence-corrected chi connectivity index (χ3v) is 5.27. The summed E-state index contributed by atoms with van der Waals surface area (Å²) in [6.45, 7) is 2.09. The Balaban J connectivity index is 1.63. The van der Waals surface area contributed by atoms with Crippen LogP contribution in [0.1, 0.15) is 24.1 Å². The number of benzene rings is 2. The number of aromatic nitrogens is 4. The molecule has 0 fully saturated rings. The molecule has 1 unspecified atom stereocenters. The third-order valence-electron chi connectivity index (χ3n) is 5.27. The maximum atomic E-state index is 9.69. The molecule has 3 heterocycles. The van der Waals surface area contributed by atoms with Crippen molar-refractivity contribution in [3.8, 4) is 17.2 Å². The van der Waals surface area contributed by atoms with E-state index in [4.69, 9.17) is 0 Å². The molecule has 2 N–H and O–H groups in total. The van der Waals surface area contributed by atoms with Crippen molar-refractivity contribution in [2.45, 2.75) is 13.0 Å². The highest BCUT2D eigenvalue weighted by atomic mass is 15.1. The van der Waals surface area contributed by atoms with E-state index in [2.05, 4.69) is 56.7 Å². The first-order valence-corrected chi connectivity index (χ1v) is 9.67. The molecule has 6 nitrogen and oxygen atoms in total. The first-order chi connectivity index (χ1) is 14.7. The van der Waals surface area contributed by atoms with Gasteiger partial charge in [-0.3, -0.25) is 15.1 Å². The highest BCUT2D eigenvalue weighted by molar-refractivity contribution is 5.97. The van der Waals surface area contributed by atoms with Crippen LogP contribution in [-0.4, -0.2) is 20.2 Å². The smallest absolute Gasteiger partial charge is 0.108 e. The van der Waals surface area contributed by atoms with Gasteiger partial charge in [0.05, 0.1) is 28.5 Å². The number of nitrogens with zero attached hydrogens (tertiary/aromatic N) is 4. The van der Waals surface area contributed by atoms with E-state index < -0.39 is 0 Å². The molecule has 0 amide bonds. The molecule has 144 valence electrons. The lowest BCUT2D eigenvalue weighted by Crippen LogP contribution is -2.08. The number of H-pyrrole nitrogens is 1. The van der Waals surface area contributed by atoms with Gasteiger partial charge in [0.15, 0.2) is 0 Å². The number of nitrogens with one attached hydrogen (secondary N) is 2. The van der Waals surface area contributed by atoms with Crippen molar-refractivity contribution in [1.82, 2.24) is 20.2 Å². The average molecular weight is 390 g/mol. The Morgan fingerprint density at radius 3 is 2.60 bits per heavy atom. The fourth-order valence-corrected chi connectivity index (χ4v) is 3.64. The highest BCUT2D eigenvalue weighted by Crippen LogP contribution is 2.33. The Labute approximate surface area is 173 Å². The molecule has 5 rings (SSSR count). The quantitative estimate of drug-likeness (QED) is 0.439. The molecule has 0 aliphatic carbocycles. The Bertz CT molecular complexity index is 1400. The van der Waals surface area contributed by atoms with Gasteiger partial charge in [-0.05, 0) is 36.2 Å². The van der Waals surface area contributed by atoms with E-state index in [1.54, 1.807) is 12.4 Å². The van der Waals surface area contributed by atoms with E-state index in [9.17, 15) is 5.26 Å². The standard InChI is InChI=1S/C24H18N6/c1-15(16-5-3-2-4-6-16)29-24-19(11-25)13-26-21-8-7-17(9-20(21)24)18-10-22-23(27-12-18)14-28-30-22/h2-10,12-15H,1H3,(H,26,29)(H,28,30). The monoisotopic (exact) mass is 390 g/mol. The van der Waals surface area contributed by atoms with Crippen LogP contribution in [0, 0.1) is 11.3 Å². The second-order valence-corrected chi connectivity index (χ2v) is 7.19. The average Bonchev–Trinajstić information content (AvgIpc) is 3.27. The number of rotatable bonds is 4. The van der Waals surface area contributed by atoms with E-state index in [0.29, 0.717) is 5.56 Å². The zero-order chi connectivity index (χ0) is 20.5. The minimum absolute atomic E-state index is 0.0376. The first-order valence-electron chi connectivity index (χ1n) is 9.67. The topological polar surface area (TPSA) is 90.3 Å². The van der Waals surface area contributed by atoms with Gasteiger partial charge in [0.2, 0.25) is 0 Å². The van der Waals surface area contributed by atoms with Gasteiger partial charge in [-0.25, -0.2) is 0 Å². The van der Waals surface area contributed by atoms with Crippen LogP contribution in [0.3, 0.4) is 0 Å². The van der Waals surface area contributed by atoms with Crippen LogP contribution in [0.2, 0.25) is 0 Å². The lowest BCUT2D eigenvalue weighted by Gasteiger charge is -2.18. The minimum Gasteiger partial charge on any atom is -0.377 e. The summed E-state index contributed by atoms with van der Waals surface area (Å²) >= 11 is 0. The summed E-state index contributed by atoms with van der Waals surface area (Å²) in [7, 11) is 0. The SMILES string of the molecule is CC(Nc1c(C#N)cnc2ccc(-c3cnc4cn[nH]c4c3)cc12)c1ccccc1. The fraction of sp³-hybridized carbons (Fsp3) is 0.0833. The van der Waals surface area contributed by atoms with Gasteiger partial charge in [-0.1, -0.05) is 36.4 Å². The normalized spacial score (nSPS) is 12.0. The van der Waals surface area contributed by atoms with Crippen LogP contribution in [0.4, 0.5) is 5.69 Å². The zero-order valence-corrected chi connectivity index (χ0v) is 16.3. The predicted octanol–water partition coefficient (Wildman–Crippen LogP) is 5.22. The molecule has 5 aromatic rings. The van der Waals surface area contributed by atoms with Crippen LogP contribution in [0.25, 0.3) is 33.1 Å². The van der Waals surface area contributed by atoms with Crippen molar-refractivity contribution in [3.05, 3.63) is 84.3 Å². The molecule has 30 heavy (non-hydrogen) atoms. The van der Waals surface area contributed by atoms with Crippen molar-refractivity contribution in [3.63, 3.8) is 0 Å². The van der Waals surface area contributed by atoms with Gasteiger partial charge in [0, 0.05) is 29.4 Å². The molecule has 1 atom stereocenters. The molecule has 0 aliphatic heterocycles. The molecule has 3 aromatic heterocycles. The lowest BCUT2D eigenvalue weighted by atomic mass is 10.0. The fourth-order valence-electron chi connectivity index (χ4n) is 3.64. The van der Waals surface area contributed by atoms with E-state index in [1.165, 1.54) is 0 Å². The van der Waals surface area contributed by atoms with Crippen LogP contribution >= 0.6 is 0 Å². The number of pyridine rings is 2.